The van der Waals surface area contributed by atoms with Crippen LogP contribution in [0.1, 0.15) is 51.0 Å². The van der Waals surface area contributed by atoms with Crippen molar-refractivity contribution in [2.75, 3.05) is 11.1 Å². The molecule has 7 heteroatoms. The zero-order valence-corrected chi connectivity index (χ0v) is 20.9. The van der Waals surface area contributed by atoms with Gasteiger partial charge in [0.05, 0.1) is 11.3 Å². The molecule has 0 saturated heterocycles. The Hall–Kier alpha value is -2.80. The first-order chi connectivity index (χ1) is 17.0. The van der Waals surface area contributed by atoms with Crippen LogP contribution in [0.4, 0.5) is 5.69 Å². The highest BCUT2D eigenvalue weighted by atomic mass is 32.2. The Morgan fingerprint density at radius 3 is 2.31 bits per heavy atom. The van der Waals surface area contributed by atoms with Crippen molar-refractivity contribution in [2.24, 2.45) is 17.8 Å². The molecule has 0 radical (unpaired) electrons. The van der Waals surface area contributed by atoms with Gasteiger partial charge in [0.15, 0.2) is 11.0 Å². The van der Waals surface area contributed by atoms with Crippen molar-refractivity contribution < 1.29 is 9.90 Å². The third kappa shape index (κ3) is 4.24. The van der Waals surface area contributed by atoms with Gasteiger partial charge >= 0.3 is 0 Å². The number of rotatable bonds is 7. The molecule has 1 aromatic heterocycles. The van der Waals surface area contributed by atoms with Gasteiger partial charge in [0, 0.05) is 12.2 Å². The molecule has 1 heterocycles. The van der Waals surface area contributed by atoms with Gasteiger partial charge in [-0.3, -0.25) is 4.79 Å². The standard InChI is InChI=1S/C28H32N4O2S/c1-2-32-26(23-5-3-4-6-24(23)33)30-31-27(32)35-17-25(34)29-22-9-7-21(8-10-22)28-14-18-11-19(15-28)13-20(12-18)16-28/h3-10,18-20,33H,2,11-17H2,1H3,(H,29,34). The van der Waals surface area contributed by atoms with E-state index < -0.39 is 0 Å². The molecule has 7 rings (SSSR count). The molecule has 2 aromatic carbocycles. The molecule has 0 aliphatic heterocycles. The maximum atomic E-state index is 12.7. The summed E-state index contributed by atoms with van der Waals surface area (Å²) in [7, 11) is 0. The van der Waals surface area contributed by atoms with Crippen LogP contribution in [0.25, 0.3) is 11.4 Å². The number of aromatic nitrogens is 3. The lowest BCUT2D eigenvalue weighted by Crippen LogP contribution is -2.48. The van der Waals surface area contributed by atoms with E-state index in [0.29, 0.717) is 28.5 Å². The molecular weight excluding hydrogens is 456 g/mol. The Balaban J connectivity index is 1.09. The SMILES string of the molecule is CCn1c(SCC(=O)Nc2ccc(C34CC5CC(CC(C5)C3)C4)cc2)nnc1-c1ccccc1O. The maximum Gasteiger partial charge on any atom is 0.234 e. The lowest BCUT2D eigenvalue weighted by atomic mass is 9.48. The number of nitrogens with zero attached hydrogens (tertiary/aromatic N) is 3. The van der Waals surface area contributed by atoms with Gasteiger partial charge in [-0.05, 0) is 98.4 Å². The smallest absolute Gasteiger partial charge is 0.234 e. The average molecular weight is 489 g/mol. The predicted molar refractivity (Wildman–Crippen MR) is 138 cm³/mol. The lowest BCUT2D eigenvalue weighted by molar-refractivity contribution is -0.113. The fourth-order valence-corrected chi connectivity index (χ4v) is 8.04. The van der Waals surface area contributed by atoms with Gasteiger partial charge in [-0.2, -0.15) is 0 Å². The molecular formula is C28H32N4O2S. The van der Waals surface area contributed by atoms with Gasteiger partial charge in [-0.25, -0.2) is 0 Å². The summed E-state index contributed by atoms with van der Waals surface area (Å²) in [5, 5.41) is 22.4. The van der Waals surface area contributed by atoms with Crippen LogP contribution in [-0.2, 0) is 16.8 Å². The zero-order chi connectivity index (χ0) is 24.0. The molecule has 35 heavy (non-hydrogen) atoms. The summed E-state index contributed by atoms with van der Waals surface area (Å²) in [4.78, 5) is 12.7. The molecule has 4 aliphatic carbocycles. The molecule has 2 N–H and O–H groups in total. The summed E-state index contributed by atoms with van der Waals surface area (Å²) in [6, 6.07) is 15.7. The van der Waals surface area contributed by atoms with Crippen LogP contribution in [0.15, 0.2) is 53.7 Å². The average Bonchev–Trinajstić information content (AvgIpc) is 3.25. The fourth-order valence-electron chi connectivity index (χ4n) is 7.24. The number of carbonyl (C=O) groups is 1. The highest BCUT2D eigenvalue weighted by molar-refractivity contribution is 7.99. The van der Waals surface area contributed by atoms with Gasteiger partial charge in [-0.1, -0.05) is 36.0 Å². The Bertz CT molecular complexity index is 1200. The Kier molecular flexibility index (Phi) is 5.83. The van der Waals surface area contributed by atoms with Crippen LogP contribution in [0.5, 0.6) is 5.75 Å². The van der Waals surface area contributed by atoms with Crippen molar-refractivity contribution in [3.8, 4) is 17.1 Å². The molecule has 4 aliphatic rings. The number of phenols is 1. The Morgan fingerprint density at radius 2 is 1.69 bits per heavy atom. The lowest BCUT2D eigenvalue weighted by Gasteiger charge is -2.57. The number of hydrogen-bond acceptors (Lipinski definition) is 5. The minimum absolute atomic E-state index is 0.0627. The zero-order valence-electron chi connectivity index (χ0n) is 20.1. The van der Waals surface area contributed by atoms with Crippen LogP contribution in [0.3, 0.4) is 0 Å². The van der Waals surface area contributed by atoms with E-state index in [9.17, 15) is 9.90 Å². The second kappa shape index (κ2) is 9.01. The summed E-state index contributed by atoms with van der Waals surface area (Å²) in [5.41, 5.74) is 3.33. The molecule has 1 amide bonds. The summed E-state index contributed by atoms with van der Waals surface area (Å²) in [5.74, 6) is 3.73. The number of aromatic hydroxyl groups is 1. The summed E-state index contributed by atoms with van der Waals surface area (Å²) < 4.78 is 1.92. The number of hydrogen-bond donors (Lipinski definition) is 2. The van der Waals surface area contributed by atoms with Gasteiger partial charge < -0.3 is 15.0 Å². The first kappa shape index (κ1) is 22.7. The summed E-state index contributed by atoms with van der Waals surface area (Å²) in [6.45, 7) is 2.65. The minimum atomic E-state index is -0.0627. The van der Waals surface area contributed by atoms with Crippen LogP contribution >= 0.6 is 11.8 Å². The van der Waals surface area contributed by atoms with Crippen molar-refractivity contribution in [1.82, 2.24) is 14.8 Å². The summed E-state index contributed by atoms with van der Waals surface area (Å²) in [6.07, 6.45) is 8.40. The second-order valence-corrected chi connectivity index (χ2v) is 11.6. The van der Waals surface area contributed by atoms with Crippen molar-refractivity contribution in [2.45, 2.75) is 62.6 Å². The largest absolute Gasteiger partial charge is 0.507 e. The molecule has 0 atom stereocenters. The van der Waals surface area contributed by atoms with Gasteiger partial charge in [0.1, 0.15) is 5.75 Å². The highest BCUT2D eigenvalue weighted by Crippen LogP contribution is 2.60. The van der Waals surface area contributed by atoms with Gasteiger partial charge in [-0.15, -0.1) is 10.2 Å². The van der Waals surface area contributed by atoms with E-state index in [0.717, 1.165) is 23.4 Å². The molecule has 182 valence electrons. The Morgan fingerprint density at radius 1 is 1.03 bits per heavy atom. The number of carbonyl (C=O) groups excluding carboxylic acids is 1. The van der Waals surface area contributed by atoms with E-state index in [1.54, 1.807) is 12.1 Å². The van der Waals surface area contributed by atoms with E-state index in [2.05, 4.69) is 39.8 Å². The highest BCUT2D eigenvalue weighted by Gasteiger charge is 2.51. The molecule has 0 unspecified atom stereocenters. The second-order valence-electron chi connectivity index (χ2n) is 10.7. The number of nitrogens with one attached hydrogen (secondary N) is 1. The molecule has 3 aromatic rings. The Labute approximate surface area is 210 Å². The van der Waals surface area contributed by atoms with E-state index >= 15 is 0 Å². The van der Waals surface area contributed by atoms with Crippen molar-refractivity contribution in [1.29, 1.82) is 0 Å². The normalized spacial score (nSPS) is 26.7. The third-order valence-corrected chi connectivity index (χ3v) is 9.30. The molecule has 0 spiro atoms. The number of anilines is 1. The first-order valence-corrected chi connectivity index (χ1v) is 13.8. The van der Waals surface area contributed by atoms with Crippen molar-refractivity contribution in [3.05, 3.63) is 54.1 Å². The number of para-hydroxylation sites is 1. The van der Waals surface area contributed by atoms with Crippen molar-refractivity contribution >= 4 is 23.4 Å². The van der Waals surface area contributed by atoms with E-state index in [-0.39, 0.29) is 17.4 Å². The fraction of sp³-hybridized carbons (Fsp3) is 0.464. The summed E-state index contributed by atoms with van der Waals surface area (Å²) >= 11 is 1.36. The maximum absolute atomic E-state index is 12.7. The quantitative estimate of drug-likeness (QED) is 0.407. The number of thioether (sulfide) groups is 1. The molecule has 6 nitrogen and oxygen atoms in total. The van der Waals surface area contributed by atoms with Crippen LogP contribution in [-0.4, -0.2) is 31.5 Å². The monoisotopic (exact) mass is 488 g/mol. The van der Waals surface area contributed by atoms with Crippen LogP contribution in [0.2, 0.25) is 0 Å². The third-order valence-electron chi connectivity index (χ3n) is 8.33. The number of amides is 1. The van der Waals surface area contributed by atoms with E-state index in [1.165, 1.54) is 55.9 Å². The van der Waals surface area contributed by atoms with E-state index in [1.807, 2.05) is 23.6 Å². The van der Waals surface area contributed by atoms with Crippen LogP contribution < -0.4 is 5.32 Å². The first-order valence-electron chi connectivity index (χ1n) is 12.8. The molecule has 4 fully saturated rings. The van der Waals surface area contributed by atoms with Gasteiger partial charge in [0.2, 0.25) is 5.91 Å². The number of benzene rings is 2. The topological polar surface area (TPSA) is 80.0 Å². The van der Waals surface area contributed by atoms with Crippen LogP contribution in [0, 0.1) is 17.8 Å². The predicted octanol–water partition coefficient (Wildman–Crippen LogP) is 5.87. The van der Waals surface area contributed by atoms with E-state index in [4.69, 9.17) is 0 Å². The molecule has 4 bridgehead atoms. The van der Waals surface area contributed by atoms with Crippen molar-refractivity contribution in [3.63, 3.8) is 0 Å². The minimum Gasteiger partial charge on any atom is -0.507 e. The number of phenolic OH excluding ortho intramolecular Hbond substituents is 1. The van der Waals surface area contributed by atoms with Gasteiger partial charge in [0.25, 0.3) is 0 Å². The molecule has 4 saturated carbocycles.